The number of nitro benzene ring substituents is 1. The van der Waals surface area contributed by atoms with Gasteiger partial charge < -0.3 is 9.84 Å². The number of aromatic nitrogens is 1. The SMILES string of the molecule is C=CCOC(=O)c1sc(N2C(=O)C(=O)/C(=C(/O)c3cc(C)ccc3C)C2c2cccc([N+](=O)[O-])c2)nc1C. The summed E-state index contributed by atoms with van der Waals surface area (Å²) in [6.07, 6.45) is 1.41. The molecule has 1 N–H and O–H groups in total. The monoisotopic (exact) mass is 533 g/mol. The number of aryl methyl sites for hydroxylation is 3. The molecule has 0 bridgehead atoms. The van der Waals surface area contributed by atoms with Gasteiger partial charge in [-0.15, -0.1) is 0 Å². The summed E-state index contributed by atoms with van der Waals surface area (Å²) in [5.41, 5.74) is 1.81. The van der Waals surface area contributed by atoms with Crippen molar-refractivity contribution in [3.63, 3.8) is 0 Å². The van der Waals surface area contributed by atoms with Crippen LogP contribution >= 0.6 is 11.3 Å². The first kappa shape index (κ1) is 26.4. The molecule has 0 aliphatic carbocycles. The van der Waals surface area contributed by atoms with Crippen LogP contribution in [0.1, 0.15) is 43.7 Å². The molecule has 1 saturated heterocycles. The Morgan fingerprint density at radius 3 is 2.66 bits per heavy atom. The number of anilines is 1. The number of ether oxygens (including phenoxy) is 1. The van der Waals surface area contributed by atoms with Gasteiger partial charge in [-0.2, -0.15) is 0 Å². The highest BCUT2D eigenvalue weighted by Gasteiger charge is 2.49. The molecular weight excluding hydrogens is 510 g/mol. The lowest BCUT2D eigenvalue weighted by Gasteiger charge is -2.23. The van der Waals surface area contributed by atoms with Gasteiger partial charge in [0.2, 0.25) is 0 Å². The van der Waals surface area contributed by atoms with Crippen LogP contribution in [0.15, 0.2) is 60.7 Å². The van der Waals surface area contributed by atoms with Crippen molar-refractivity contribution >= 4 is 45.6 Å². The van der Waals surface area contributed by atoms with Gasteiger partial charge in [0.25, 0.3) is 11.5 Å². The van der Waals surface area contributed by atoms with Crippen molar-refractivity contribution in [2.75, 3.05) is 11.5 Å². The number of amides is 1. The number of nitrogens with zero attached hydrogens (tertiary/aromatic N) is 3. The van der Waals surface area contributed by atoms with E-state index in [4.69, 9.17) is 4.74 Å². The van der Waals surface area contributed by atoms with Crippen LogP contribution in [-0.4, -0.2) is 39.3 Å². The zero-order valence-corrected chi connectivity index (χ0v) is 21.6. The number of benzene rings is 2. The minimum Gasteiger partial charge on any atom is -0.507 e. The van der Waals surface area contributed by atoms with Gasteiger partial charge in [0.15, 0.2) is 5.13 Å². The maximum atomic E-state index is 13.4. The van der Waals surface area contributed by atoms with Crippen LogP contribution in [0.25, 0.3) is 5.76 Å². The fraction of sp³-hybridized carbons (Fsp3) is 0.185. The molecule has 0 radical (unpaired) electrons. The molecule has 2 heterocycles. The number of hydrogen-bond donors (Lipinski definition) is 1. The number of hydrogen-bond acceptors (Lipinski definition) is 9. The number of carbonyl (C=O) groups is 3. The van der Waals surface area contributed by atoms with E-state index >= 15 is 0 Å². The van der Waals surface area contributed by atoms with Crippen LogP contribution < -0.4 is 4.90 Å². The van der Waals surface area contributed by atoms with Gasteiger partial charge in [-0.05, 0) is 38.0 Å². The van der Waals surface area contributed by atoms with Crippen molar-refractivity contribution in [3.05, 3.63) is 104 Å². The molecule has 1 fully saturated rings. The molecule has 4 rings (SSSR count). The Hall–Kier alpha value is -4.64. The van der Waals surface area contributed by atoms with E-state index in [1.807, 2.05) is 13.0 Å². The first-order valence-electron chi connectivity index (χ1n) is 11.4. The smallest absolute Gasteiger partial charge is 0.350 e. The van der Waals surface area contributed by atoms with Gasteiger partial charge >= 0.3 is 11.9 Å². The van der Waals surface area contributed by atoms with E-state index in [9.17, 15) is 29.6 Å². The topological polar surface area (TPSA) is 140 Å². The van der Waals surface area contributed by atoms with E-state index in [2.05, 4.69) is 11.6 Å². The standard InChI is InChI=1S/C27H23N3O7S/c1-5-11-37-26(34)24-16(4)28-27(38-24)29-21(17-7-6-8-18(13-17)30(35)36)20(23(32)25(29)33)22(31)19-12-14(2)9-10-15(19)3/h5-10,12-13,21,31H,1,11H2,2-4H3/b22-20+. The first-order valence-corrected chi connectivity index (χ1v) is 12.2. The Bertz CT molecular complexity index is 1540. The number of ketones is 1. The van der Waals surface area contributed by atoms with Crippen LogP contribution in [0.4, 0.5) is 10.8 Å². The van der Waals surface area contributed by atoms with Crippen molar-refractivity contribution in [3.8, 4) is 0 Å². The molecule has 0 spiro atoms. The second-order valence-corrected chi connectivity index (χ2v) is 9.62. The van der Waals surface area contributed by atoms with Crippen molar-refractivity contribution in [2.24, 2.45) is 0 Å². The number of nitro groups is 1. The molecule has 1 aliphatic rings. The highest BCUT2D eigenvalue weighted by molar-refractivity contribution is 7.17. The fourth-order valence-corrected chi connectivity index (χ4v) is 5.15. The second kappa shape index (κ2) is 10.4. The van der Waals surface area contributed by atoms with Crippen LogP contribution in [0.5, 0.6) is 0 Å². The molecule has 2 aromatic carbocycles. The van der Waals surface area contributed by atoms with E-state index in [1.165, 1.54) is 30.3 Å². The Balaban J connectivity index is 1.95. The van der Waals surface area contributed by atoms with Gasteiger partial charge in [-0.25, -0.2) is 9.78 Å². The molecule has 1 aliphatic heterocycles. The number of rotatable bonds is 7. The quantitative estimate of drug-likeness (QED) is 0.0856. The third-order valence-corrected chi connectivity index (χ3v) is 7.14. The van der Waals surface area contributed by atoms with E-state index in [-0.39, 0.29) is 39.1 Å². The van der Waals surface area contributed by atoms with Gasteiger partial charge in [0, 0.05) is 17.7 Å². The average molecular weight is 534 g/mol. The molecule has 1 aromatic heterocycles. The van der Waals surface area contributed by atoms with Crippen LogP contribution in [-0.2, 0) is 14.3 Å². The molecule has 0 saturated carbocycles. The van der Waals surface area contributed by atoms with E-state index in [0.29, 0.717) is 11.1 Å². The largest absolute Gasteiger partial charge is 0.507 e. The van der Waals surface area contributed by atoms with Crippen LogP contribution in [0, 0.1) is 30.9 Å². The Morgan fingerprint density at radius 1 is 1.24 bits per heavy atom. The van der Waals surface area contributed by atoms with Gasteiger partial charge in [-0.3, -0.25) is 24.6 Å². The van der Waals surface area contributed by atoms with Gasteiger partial charge in [-0.1, -0.05) is 53.8 Å². The summed E-state index contributed by atoms with van der Waals surface area (Å²) in [5, 5.41) is 22.9. The minimum atomic E-state index is -1.24. The maximum absolute atomic E-state index is 13.4. The van der Waals surface area contributed by atoms with Crippen LogP contribution in [0.2, 0.25) is 0 Å². The fourth-order valence-electron chi connectivity index (χ4n) is 4.16. The highest BCUT2D eigenvalue weighted by Crippen LogP contribution is 2.44. The summed E-state index contributed by atoms with van der Waals surface area (Å²) in [6, 6.07) is 9.52. The molecule has 1 atom stereocenters. The molecule has 38 heavy (non-hydrogen) atoms. The maximum Gasteiger partial charge on any atom is 0.350 e. The van der Waals surface area contributed by atoms with Crippen LogP contribution in [0.3, 0.4) is 0 Å². The number of esters is 1. The molecular formula is C27H23N3O7S. The summed E-state index contributed by atoms with van der Waals surface area (Å²) >= 11 is 0.840. The summed E-state index contributed by atoms with van der Waals surface area (Å²) < 4.78 is 5.10. The molecule has 11 heteroatoms. The lowest BCUT2D eigenvalue weighted by molar-refractivity contribution is -0.384. The second-order valence-electron chi connectivity index (χ2n) is 8.64. The minimum absolute atomic E-state index is 0.00618. The molecule has 1 unspecified atom stereocenters. The zero-order valence-electron chi connectivity index (χ0n) is 20.8. The number of thiazole rings is 1. The lowest BCUT2D eigenvalue weighted by atomic mass is 9.93. The summed E-state index contributed by atoms with van der Waals surface area (Å²) in [7, 11) is 0. The molecule has 10 nitrogen and oxygen atoms in total. The zero-order chi connectivity index (χ0) is 27.7. The third kappa shape index (κ3) is 4.71. The summed E-state index contributed by atoms with van der Waals surface area (Å²) in [5.74, 6) is -3.07. The number of aliphatic hydroxyl groups excluding tert-OH is 1. The van der Waals surface area contributed by atoms with E-state index in [1.54, 1.807) is 26.0 Å². The summed E-state index contributed by atoms with van der Waals surface area (Å²) in [6.45, 7) is 8.60. The highest BCUT2D eigenvalue weighted by atomic mass is 32.1. The predicted molar refractivity (Wildman–Crippen MR) is 141 cm³/mol. The van der Waals surface area contributed by atoms with Crippen molar-refractivity contribution in [2.45, 2.75) is 26.8 Å². The van der Waals surface area contributed by atoms with E-state index < -0.39 is 34.4 Å². The number of non-ortho nitro benzene ring substituents is 1. The van der Waals surface area contributed by atoms with Crippen molar-refractivity contribution in [1.29, 1.82) is 0 Å². The van der Waals surface area contributed by atoms with Crippen molar-refractivity contribution < 1.29 is 29.2 Å². The predicted octanol–water partition coefficient (Wildman–Crippen LogP) is 4.95. The molecule has 3 aromatic rings. The molecule has 1 amide bonds. The Morgan fingerprint density at radius 2 is 1.97 bits per heavy atom. The third-order valence-electron chi connectivity index (χ3n) is 6.00. The first-order chi connectivity index (χ1) is 18.0. The average Bonchev–Trinajstić information content (AvgIpc) is 3.40. The normalized spacial score (nSPS) is 16.5. The lowest BCUT2D eigenvalue weighted by Crippen LogP contribution is -2.29. The van der Waals surface area contributed by atoms with Gasteiger partial charge in [0.05, 0.1) is 22.2 Å². The molecule has 194 valence electrons. The Labute approximate surface area is 221 Å². The summed E-state index contributed by atoms with van der Waals surface area (Å²) in [4.78, 5) is 55.7. The number of Topliss-reactive ketones (excluding diaryl/α,β-unsaturated/α-hetero) is 1. The number of aliphatic hydroxyl groups is 1. The Kier molecular flexibility index (Phi) is 7.22. The van der Waals surface area contributed by atoms with E-state index in [0.717, 1.165) is 21.8 Å². The number of carbonyl (C=O) groups excluding carboxylic acids is 3. The van der Waals surface area contributed by atoms with Gasteiger partial charge in [0.1, 0.15) is 17.2 Å². The van der Waals surface area contributed by atoms with Crippen molar-refractivity contribution in [1.82, 2.24) is 4.98 Å².